The van der Waals surface area contributed by atoms with E-state index in [0.717, 1.165) is 36.1 Å². The van der Waals surface area contributed by atoms with Crippen LogP contribution in [0, 0.1) is 17.2 Å². The fourth-order valence-electron chi connectivity index (χ4n) is 4.42. The standard InChI is InChI=1S/C22H29NO/c1-5-6-7-8-16-12-17(14-23)21-18-11-15(2)9-10-19(18)22(3,4)24-20(21)13-16/h11-13,18-19H,5-10H2,1-4H3/t18-,19-/m1/s1. The molecule has 0 N–H and O–H groups in total. The van der Waals surface area contributed by atoms with E-state index in [0.29, 0.717) is 11.8 Å². The van der Waals surface area contributed by atoms with Gasteiger partial charge in [0.25, 0.3) is 0 Å². The Morgan fingerprint density at radius 3 is 2.79 bits per heavy atom. The lowest BCUT2D eigenvalue weighted by molar-refractivity contribution is 0.0115. The number of ether oxygens (including phenoxy) is 1. The average molecular weight is 323 g/mol. The molecule has 1 aromatic carbocycles. The van der Waals surface area contributed by atoms with Crippen LogP contribution in [-0.2, 0) is 6.42 Å². The van der Waals surface area contributed by atoms with Crippen LogP contribution in [0.15, 0.2) is 23.8 Å². The molecule has 2 nitrogen and oxygen atoms in total. The zero-order valence-corrected chi connectivity index (χ0v) is 15.5. The number of unbranched alkanes of at least 4 members (excludes halogenated alkanes) is 2. The van der Waals surface area contributed by atoms with Crippen molar-refractivity contribution in [3.8, 4) is 11.8 Å². The summed E-state index contributed by atoms with van der Waals surface area (Å²) >= 11 is 0. The molecule has 0 saturated carbocycles. The van der Waals surface area contributed by atoms with Crippen molar-refractivity contribution in [3.63, 3.8) is 0 Å². The first kappa shape index (κ1) is 17.1. The highest BCUT2D eigenvalue weighted by molar-refractivity contribution is 5.55. The molecule has 1 heterocycles. The van der Waals surface area contributed by atoms with E-state index in [1.807, 2.05) is 0 Å². The van der Waals surface area contributed by atoms with E-state index in [-0.39, 0.29) is 5.60 Å². The van der Waals surface area contributed by atoms with Crippen molar-refractivity contribution in [3.05, 3.63) is 40.5 Å². The van der Waals surface area contributed by atoms with Gasteiger partial charge in [0, 0.05) is 17.4 Å². The molecule has 2 heteroatoms. The number of hydrogen-bond donors (Lipinski definition) is 0. The molecule has 2 atom stereocenters. The number of allylic oxidation sites excluding steroid dienone is 2. The summed E-state index contributed by atoms with van der Waals surface area (Å²) in [5.41, 5.74) is 4.44. The van der Waals surface area contributed by atoms with Crippen LogP contribution in [0.3, 0.4) is 0 Å². The predicted molar refractivity (Wildman–Crippen MR) is 98.3 cm³/mol. The van der Waals surface area contributed by atoms with Crippen molar-refractivity contribution in [2.75, 3.05) is 0 Å². The second kappa shape index (κ2) is 6.63. The Balaban J connectivity index is 2.05. The van der Waals surface area contributed by atoms with Gasteiger partial charge in [0.2, 0.25) is 0 Å². The van der Waals surface area contributed by atoms with Gasteiger partial charge < -0.3 is 4.74 Å². The molecule has 1 aliphatic heterocycles. The topological polar surface area (TPSA) is 33.0 Å². The molecule has 3 rings (SSSR count). The Morgan fingerprint density at radius 1 is 1.29 bits per heavy atom. The van der Waals surface area contributed by atoms with Gasteiger partial charge >= 0.3 is 0 Å². The van der Waals surface area contributed by atoms with Gasteiger partial charge in [0.1, 0.15) is 11.4 Å². The van der Waals surface area contributed by atoms with E-state index < -0.39 is 0 Å². The average Bonchev–Trinajstić information content (AvgIpc) is 2.53. The highest BCUT2D eigenvalue weighted by atomic mass is 16.5. The summed E-state index contributed by atoms with van der Waals surface area (Å²) in [6.45, 7) is 8.84. The van der Waals surface area contributed by atoms with Crippen LogP contribution in [0.2, 0.25) is 0 Å². The molecule has 2 aliphatic rings. The highest BCUT2D eigenvalue weighted by Gasteiger charge is 2.45. The summed E-state index contributed by atoms with van der Waals surface area (Å²) in [4.78, 5) is 0. The van der Waals surface area contributed by atoms with Gasteiger partial charge in [-0.15, -0.1) is 0 Å². The zero-order chi connectivity index (χ0) is 17.3. The summed E-state index contributed by atoms with van der Waals surface area (Å²) in [5.74, 6) is 1.71. The Kier molecular flexibility index (Phi) is 4.72. The number of nitriles is 1. The first-order chi connectivity index (χ1) is 11.5. The van der Waals surface area contributed by atoms with Crippen molar-refractivity contribution in [2.24, 2.45) is 5.92 Å². The molecule has 0 saturated heterocycles. The van der Waals surface area contributed by atoms with Gasteiger partial charge in [-0.1, -0.05) is 31.4 Å². The molecule has 128 valence electrons. The fourth-order valence-corrected chi connectivity index (χ4v) is 4.42. The molecule has 0 fully saturated rings. The van der Waals surface area contributed by atoms with Crippen LogP contribution in [0.4, 0.5) is 0 Å². The molecule has 1 aromatic rings. The molecule has 0 unspecified atom stereocenters. The second-order valence-corrected chi connectivity index (χ2v) is 8.01. The van der Waals surface area contributed by atoms with E-state index in [1.54, 1.807) is 0 Å². The number of benzene rings is 1. The molecular weight excluding hydrogens is 294 g/mol. The smallest absolute Gasteiger partial charge is 0.125 e. The minimum atomic E-state index is -0.177. The third-order valence-corrected chi connectivity index (χ3v) is 5.74. The molecule has 0 amide bonds. The van der Waals surface area contributed by atoms with E-state index in [1.165, 1.54) is 30.4 Å². The summed E-state index contributed by atoms with van der Waals surface area (Å²) in [5, 5.41) is 9.75. The van der Waals surface area contributed by atoms with Gasteiger partial charge in [-0.25, -0.2) is 0 Å². The van der Waals surface area contributed by atoms with Crippen molar-refractivity contribution in [1.82, 2.24) is 0 Å². The highest BCUT2D eigenvalue weighted by Crippen LogP contribution is 2.51. The third-order valence-electron chi connectivity index (χ3n) is 5.74. The molecule has 1 aliphatic carbocycles. The van der Waals surface area contributed by atoms with Crippen LogP contribution in [0.5, 0.6) is 5.75 Å². The molecule has 0 radical (unpaired) electrons. The van der Waals surface area contributed by atoms with Gasteiger partial charge in [-0.3, -0.25) is 0 Å². The van der Waals surface area contributed by atoms with Gasteiger partial charge in [-0.05, 0) is 64.2 Å². The van der Waals surface area contributed by atoms with Crippen molar-refractivity contribution < 1.29 is 4.74 Å². The predicted octanol–water partition coefficient (Wildman–Crippen LogP) is 5.90. The SMILES string of the molecule is CCCCCc1cc(C#N)c2c(c1)OC(C)(C)[C@@H]1CCC(C)=C[C@@H]21. The van der Waals surface area contributed by atoms with Crippen LogP contribution < -0.4 is 4.74 Å². The van der Waals surface area contributed by atoms with Crippen molar-refractivity contribution >= 4 is 0 Å². The normalized spacial score (nSPS) is 24.2. The Bertz CT molecular complexity index is 693. The number of hydrogen-bond acceptors (Lipinski definition) is 2. The maximum absolute atomic E-state index is 9.75. The summed E-state index contributed by atoms with van der Waals surface area (Å²) in [6, 6.07) is 6.75. The van der Waals surface area contributed by atoms with Crippen LogP contribution >= 0.6 is 0 Å². The first-order valence-corrected chi connectivity index (χ1v) is 9.39. The van der Waals surface area contributed by atoms with Crippen molar-refractivity contribution in [1.29, 1.82) is 5.26 Å². The van der Waals surface area contributed by atoms with E-state index in [4.69, 9.17) is 4.74 Å². The second-order valence-electron chi connectivity index (χ2n) is 8.01. The van der Waals surface area contributed by atoms with E-state index in [9.17, 15) is 5.26 Å². The molecule has 0 aromatic heterocycles. The van der Waals surface area contributed by atoms with E-state index >= 15 is 0 Å². The maximum atomic E-state index is 9.75. The number of fused-ring (bicyclic) bond motifs is 3. The summed E-state index contributed by atoms with van der Waals surface area (Å²) in [7, 11) is 0. The van der Waals surface area contributed by atoms with Gasteiger partial charge in [-0.2, -0.15) is 5.26 Å². The number of nitrogens with zero attached hydrogens (tertiary/aromatic N) is 1. The quantitative estimate of drug-likeness (QED) is 0.510. The first-order valence-electron chi connectivity index (χ1n) is 9.39. The number of aryl methyl sites for hydroxylation is 1. The maximum Gasteiger partial charge on any atom is 0.125 e. The summed E-state index contributed by atoms with van der Waals surface area (Å²) < 4.78 is 6.43. The Morgan fingerprint density at radius 2 is 2.08 bits per heavy atom. The Hall–Kier alpha value is -1.75. The molecular formula is C22H29NO. The van der Waals surface area contributed by atoms with Gasteiger partial charge in [0.05, 0.1) is 11.6 Å². The Labute approximate surface area is 146 Å². The zero-order valence-electron chi connectivity index (χ0n) is 15.5. The third kappa shape index (κ3) is 3.09. The lowest BCUT2D eigenvalue weighted by atomic mass is 9.67. The molecule has 0 bridgehead atoms. The van der Waals surface area contributed by atoms with E-state index in [2.05, 4.69) is 52.0 Å². The van der Waals surface area contributed by atoms with Crippen LogP contribution in [0.1, 0.15) is 82.4 Å². The van der Waals surface area contributed by atoms with Crippen LogP contribution in [-0.4, -0.2) is 5.60 Å². The lowest BCUT2D eigenvalue weighted by Crippen LogP contribution is -2.45. The molecule has 24 heavy (non-hydrogen) atoms. The largest absolute Gasteiger partial charge is 0.487 e. The number of rotatable bonds is 4. The van der Waals surface area contributed by atoms with Crippen LogP contribution in [0.25, 0.3) is 0 Å². The summed E-state index contributed by atoms with van der Waals surface area (Å²) in [6.07, 6.45) is 9.32. The minimum absolute atomic E-state index is 0.177. The monoisotopic (exact) mass is 323 g/mol. The fraction of sp³-hybridized carbons (Fsp3) is 0.591. The van der Waals surface area contributed by atoms with Crippen molar-refractivity contribution in [2.45, 2.75) is 77.7 Å². The molecule has 0 spiro atoms. The minimum Gasteiger partial charge on any atom is -0.487 e. The van der Waals surface area contributed by atoms with Gasteiger partial charge in [0.15, 0.2) is 0 Å². The lowest BCUT2D eigenvalue weighted by Gasteiger charge is -2.46.